The molecule has 1 amide bonds. The molecule has 1 aromatic heterocycles. The second-order valence-corrected chi connectivity index (χ2v) is 8.79. The van der Waals surface area contributed by atoms with Crippen LogP contribution in [0.2, 0.25) is 0 Å². The van der Waals surface area contributed by atoms with Crippen LogP contribution in [-0.2, 0) is 6.54 Å². The minimum Gasteiger partial charge on any atom is -0.495 e. The smallest absolute Gasteiger partial charge is 0.406 e. The molecule has 38 heavy (non-hydrogen) atoms. The summed E-state index contributed by atoms with van der Waals surface area (Å²) in [5, 5.41) is 13.2. The fourth-order valence-corrected chi connectivity index (χ4v) is 4.45. The highest BCUT2D eigenvalue weighted by atomic mass is 35.5. The molecule has 7 nitrogen and oxygen atoms in total. The topological polar surface area (TPSA) is 79.4 Å². The maximum Gasteiger partial charge on any atom is 0.406 e. The zero-order valence-electron chi connectivity index (χ0n) is 21.2. The fourth-order valence-electron chi connectivity index (χ4n) is 4.45. The summed E-state index contributed by atoms with van der Waals surface area (Å²) in [5.41, 5.74) is 2.65. The van der Waals surface area contributed by atoms with Crippen molar-refractivity contribution in [1.29, 1.82) is 0 Å². The molecule has 0 atom stereocenters. The van der Waals surface area contributed by atoms with Crippen molar-refractivity contribution < 1.29 is 22.7 Å². The number of carbonyl (C=O) groups excluding carboxylic acids is 1. The van der Waals surface area contributed by atoms with Gasteiger partial charge in [0.2, 0.25) is 0 Å². The Morgan fingerprint density at radius 1 is 1.16 bits per heavy atom. The average Bonchev–Trinajstić information content (AvgIpc) is 3.23. The minimum atomic E-state index is -4.39. The molecule has 0 unspecified atom stereocenters. The Bertz CT molecular complexity index is 1320. The molecule has 4 N–H and O–H groups in total. The number of halogens is 4. The summed E-state index contributed by atoms with van der Waals surface area (Å²) in [4.78, 5) is 11.9. The van der Waals surface area contributed by atoms with E-state index in [-0.39, 0.29) is 36.6 Å². The number of hydrogen-bond donors (Lipinski definition) is 4. The molecular formula is C27H31ClF3N5O2. The van der Waals surface area contributed by atoms with E-state index in [4.69, 9.17) is 4.74 Å². The Kier molecular flexibility index (Phi) is 9.78. The normalized spacial score (nSPS) is 13.7. The number of anilines is 2. The van der Waals surface area contributed by atoms with E-state index in [1.807, 2.05) is 6.07 Å². The van der Waals surface area contributed by atoms with Gasteiger partial charge in [-0.25, -0.2) is 0 Å². The second-order valence-electron chi connectivity index (χ2n) is 8.79. The Morgan fingerprint density at radius 2 is 1.92 bits per heavy atom. The largest absolute Gasteiger partial charge is 0.495 e. The maximum atomic E-state index is 13.5. The van der Waals surface area contributed by atoms with E-state index in [2.05, 4.69) is 33.1 Å². The molecule has 2 heterocycles. The van der Waals surface area contributed by atoms with E-state index in [1.165, 1.54) is 11.7 Å². The number of fused-ring (bicyclic) bond motifs is 1. The van der Waals surface area contributed by atoms with Crippen LogP contribution in [0.15, 0.2) is 42.5 Å². The van der Waals surface area contributed by atoms with E-state index in [9.17, 15) is 18.0 Å². The van der Waals surface area contributed by atoms with Crippen molar-refractivity contribution in [2.24, 2.45) is 0 Å². The van der Waals surface area contributed by atoms with Gasteiger partial charge in [-0.1, -0.05) is 12.0 Å². The number of ether oxygens (including phenoxy) is 1. The van der Waals surface area contributed by atoms with Crippen molar-refractivity contribution in [3.63, 3.8) is 0 Å². The van der Waals surface area contributed by atoms with Crippen LogP contribution in [0, 0.1) is 11.8 Å². The van der Waals surface area contributed by atoms with E-state index >= 15 is 0 Å². The van der Waals surface area contributed by atoms with Crippen molar-refractivity contribution in [3.05, 3.63) is 53.7 Å². The molecule has 1 aliphatic heterocycles. The number of piperidine rings is 1. The Labute approximate surface area is 225 Å². The van der Waals surface area contributed by atoms with Gasteiger partial charge >= 0.3 is 6.18 Å². The summed E-state index contributed by atoms with van der Waals surface area (Å²) in [7, 11) is 3.03. The predicted molar refractivity (Wildman–Crippen MR) is 147 cm³/mol. The van der Waals surface area contributed by atoms with Gasteiger partial charge in [-0.2, -0.15) is 13.2 Å². The van der Waals surface area contributed by atoms with Crippen LogP contribution in [0.25, 0.3) is 10.9 Å². The highest BCUT2D eigenvalue weighted by Gasteiger charge is 2.30. The summed E-state index contributed by atoms with van der Waals surface area (Å²) in [6.45, 7) is 0.862. The van der Waals surface area contributed by atoms with Gasteiger partial charge in [0.25, 0.3) is 5.91 Å². The van der Waals surface area contributed by atoms with E-state index in [0.717, 1.165) is 31.6 Å². The Hall–Kier alpha value is -3.55. The molecule has 3 aromatic rings. The summed E-state index contributed by atoms with van der Waals surface area (Å²) in [6.07, 6.45) is -2.49. The van der Waals surface area contributed by atoms with Gasteiger partial charge in [-0.3, -0.25) is 4.79 Å². The molecule has 1 fully saturated rings. The van der Waals surface area contributed by atoms with Crippen LogP contribution in [0.5, 0.6) is 5.75 Å². The lowest BCUT2D eigenvalue weighted by molar-refractivity contribution is -0.140. The van der Waals surface area contributed by atoms with Gasteiger partial charge in [0.05, 0.1) is 30.6 Å². The standard InChI is InChI=1S/C27H30F3N5O2.ClH/c1-31-26(36)18-8-9-23(25(15-18)37-2)33-12-4-5-20-16-21-22(34-19-10-13-32-14-11-19)6-3-7-24(21)35(20)17-27(28,29)30;/h3,6-9,15-16,19,32-34H,10-14,17H2,1-2H3,(H,31,36);1H. The number of carbonyl (C=O) groups is 1. The molecule has 2 aromatic carbocycles. The number of rotatable bonds is 7. The van der Waals surface area contributed by atoms with E-state index < -0.39 is 12.7 Å². The van der Waals surface area contributed by atoms with Crippen LogP contribution < -0.4 is 26.0 Å². The molecule has 1 aliphatic rings. The summed E-state index contributed by atoms with van der Waals surface area (Å²) in [5.74, 6) is 6.06. The number of amides is 1. The van der Waals surface area contributed by atoms with Crippen molar-refractivity contribution >= 4 is 40.6 Å². The molecule has 11 heteroatoms. The number of benzene rings is 2. The van der Waals surface area contributed by atoms with E-state index in [1.54, 1.807) is 43.4 Å². The molecule has 1 saturated heterocycles. The molecule has 4 rings (SSSR count). The summed E-state index contributed by atoms with van der Waals surface area (Å²) in [6, 6.07) is 12.3. The predicted octanol–water partition coefficient (Wildman–Crippen LogP) is 4.62. The van der Waals surface area contributed by atoms with Gasteiger partial charge in [-0.15, -0.1) is 12.4 Å². The fraction of sp³-hybridized carbons (Fsp3) is 0.370. The van der Waals surface area contributed by atoms with Crippen molar-refractivity contribution in [3.8, 4) is 17.6 Å². The lowest BCUT2D eigenvalue weighted by Crippen LogP contribution is -2.35. The molecular weight excluding hydrogens is 519 g/mol. The van der Waals surface area contributed by atoms with Crippen LogP contribution in [0.4, 0.5) is 24.5 Å². The van der Waals surface area contributed by atoms with Gasteiger partial charge < -0.3 is 30.6 Å². The third-order valence-corrected chi connectivity index (χ3v) is 6.26. The van der Waals surface area contributed by atoms with Crippen molar-refractivity contribution in [2.45, 2.75) is 31.6 Å². The number of alkyl halides is 3. The van der Waals surface area contributed by atoms with Crippen LogP contribution in [0.1, 0.15) is 28.9 Å². The molecule has 0 spiro atoms. The first kappa shape index (κ1) is 29.0. The zero-order chi connectivity index (χ0) is 26.4. The van der Waals surface area contributed by atoms with Gasteiger partial charge in [0, 0.05) is 29.7 Å². The Morgan fingerprint density at radius 3 is 2.61 bits per heavy atom. The summed E-state index contributed by atoms with van der Waals surface area (Å²) < 4.78 is 47.0. The number of aromatic nitrogens is 1. The first-order valence-corrected chi connectivity index (χ1v) is 12.1. The highest BCUT2D eigenvalue weighted by Crippen LogP contribution is 2.31. The number of nitrogens with zero attached hydrogens (tertiary/aromatic N) is 1. The molecule has 0 bridgehead atoms. The lowest BCUT2D eigenvalue weighted by Gasteiger charge is -2.25. The monoisotopic (exact) mass is 549 g/mol. The third kappa shape index (κ3) is 7.05. The third-order valence-electron chi connectivity index (χ3n) is 6.26. The second kappa shape index (κ2) is 12.8. The average molecular weight is 550 g/mol. The van der Waals surface area contributed by atoms with Crippen molar-refractivity contribution in [1.82, 2.24) is 15.2 Å². The minimum absolute atomic E-state index is 0. The first-order valence-electron chi connectivity index (χ1n) is 12.1. The summed E-state index contributed by atoms with van der Waals surface area (Å²) >= 11 is 0. The van der Waals surface area contributed by atoms with Crippen LogP contribution >= 0.6 is 12.4 Å². The lowest BCUT2D eigenvalue weighted by atomic mass is 10.1. The maximum absolute atomic E-state index is 13.5. The number of nitrogens with one attached hydrogen (secondary N) is 4. The Balaban J connectivity index is 0.00000400. The van der Waals surface area contributed by atoms with Gasteiger partial charge in [0.1, 0.15) is 12.3 Å². The number of methoxy groups -OCH3 is 1. The van der Waals surface area contributed by atoms with E-state index in [0.29, 0.717) is 27.9 Å². The van der Waals surface area contributed by atoms with Crippen molar-refractivity contribution in [2.75, 3.05) is 44.4 Å². The van der Waals surface area contributed by atoms with Crippen LogP contribution in [-0.4, -0.2) is 56.5 Å². The molecule has 204 valence electrons. The molecule has 0 aliphatic carbocycles. The highest BCUT2D eigenvalue weighted by molar-refractivity contribution is 5.95. The SMILES string of the molecule is CNC(=O)c1ccc(NCC#Cc2cc3c(NC4CCNCC4)cccc3n2CC(F)(F)F)c(OC)c1.Cl. The molecule has 0 saturated carbocycles. The van der Waals surface area contributed by atoms with Gasteiger partial charge in [0.15, 0.2) is 0 Å². The van der Waals surface area contributed by atoms with Crippen LogP contribution in [0.3, 0.4) is 0 Å². The zero-order valence-corrected chi connectivity index (χ0v) is 22.0. The number of hydrogen-bond acceptors (Lipinski definition) is 5. The molecule has 0 radical (unpaired) electrons. The quantitative estimate of drug-likeness (QED) is 0.324. The van der Waals surface area contributed by atoms with Gasteiger partial charge in [-0.05, 0) is 68.2 Å². The first-order chi connectivity index (χ1) is 17.8.